The van der Waals surface area contributed by atoms with E-state index in [1.165, 1.54) is 6.42 Å². The summed E-state index contributed by atoms with van der Waals surface area (Å²) in [6.45, 7) is 5.19. The molecule has 0 unspecified atom stereocenters. The fraction of sp³-hybridized carbons (Fsp3) is 0.600. The molecule has 0 aliphatic heterocycles. The Labute approximate surface area is 97.1 Å². The topological polar surface area (TPSA) is 63.8 Å². The van der Waals surface area contributed by atoms with E-state index in [-0.39, 0.29) is 12.4 Å². The minimum Gasteiger partial charge on any atom is -0.370 e. The molecule has 1 rings (SSSR count). The molecule has 0 aromatic carbocycles. The zero-order chi connectivity index (χ0) is 10.4. The van der Waals surface area contributed by atoms with E-state index >= 15 is 0 Å². The van der Waals surface area contributed by atoms with Crippen LogP contribution in [0.4, 0.5) is 11.8 Å². The molecule has 0 bridgehead atoms. The maximum Gasteiger partial charge on any atom is 0.221 e. The Hall–Kier alpha value is -1.03. The van der Waals surface area contributed by atoms with Crippen molar-refractivity contribution < 1.29 is 0 Å². The van der Waals surface area contributed by atoms with Crippen molar-refractivity contribution in [1.82, 2.24) is 9.97 Å². The van der Waals surface area contributed by atoms with Crippen molar-refractivity contribution >= 4 is 24.2 Å². The average Bonchev–Trinajstić information content (AvgIpc) is 2.19. The smallest absolute Gasteiger partial charge is 0.221 e. The first kappa shape index (κ1) is 14.0. The Morgan fingerprint density at radius 1 is 1.40 bits per heavy atom. The van der Waals surface area contributed by atoms with E-state index in [0.29, 0.717) is 5.95 Å². The van der Waals surface area contributed by atoms with Crippen molar-refractivity contribution in [3.05, 3.63) is 11.8 Å². The van der Waals surface area contributed by atoms with Crippen LogP contribution in [-0.4, -0.2) is 16.5 Å². The molecule has 0 radical (unpaired) electrons. The molecule has 3 N–H and O–H groups in total. The van der Waals surface area contributed by atoms with Crippen molar-refractivity contribution in [2.75, 3.05) is 17.6 Å². The number of anilines is 2. The Kier molecular flexibility index (Phi) is 6.79. The fourth-order valence-corrected chi connectivity index (χ4v) is 1.22. The van der Waals surface area contributed by atoms with Crippen LogP contribution < -0.4 is 11.1 Å². The Morgan fingerprint density at radius 3 is 2.73 bits per heavy atom. The van der Waals surface area contributed by atoms with Gasteiger partial charge in [0.05, 0.1) is 0 Å². The van der Waals surface area contributed by atoms with Gasteiger partial charge in [0.15, 0.2) is 0 Å². The number of halogens is 1. The second-order valence-electron chi connectivity index (χ2n) is 3.24. The van der Waals surface area contributed by atoms with Crippen LogP contribution >= 0.6 is 12.4 Å². The molecular weight excluding hydrogens is 212 g/mol. The Morgan fingerprint density at radius 2 is 2.13 bits per heavy atom. The first-order chi connectivity index (χ1) is 6.77. The molecular formula is C10H19ClN4. The van der Waals surface area contributed by atoms with Gasteiger partial charge in [-0.15, -0.1) is 12.4 Å². The van der Waals surface area contributed by atoms with E-state index < -0.39 is 0 Å². The van der Waals surface area contributed by atoms with Crippen LogP contribution in [0.5, 0.6) is 0 Å². The van der Waals surface area contributed by atoms with E-state index in [4.69, 9.17) is 5.73 Å². The highest BCUT2D eigenvalue weighted by atomic mass is 35.5. The third-order valence-corrected chi connectivity index (χ3v) is 2.09. The van der Waals surface area contributed by atoms with Gasteiger partial charge in [-0.25, -0.2) is 4.98 Å². The van der Waals surface area contributed by atoms with E-state index in [2.05, 4.69) is 29.1 Å². The number of nitrogen functional groups attached to an aromatic ring is 1. The van der Waals surface area contributed by atoms with Gasteiger partial charge in [-0.2, -0.15) is 4.98 Å². The molecule has 1 aromatic heterocycles. The van der Waals surface area contributed by atoms with Crippen LogP contribution in [0.3, 0.4) is 0 Å². The van der Waals surface area contributed by atoms with Crippen LogP contribution in [0, 0.1) is 0 Å². The van der Waals surface area contributed by atoms with Gasteiger partial charge in [0.1, 0.15) is 5.82 Å². The summed E-state index contributed by atoms with van der Waals surface area (Å²) in [6, 6.07) is 0. The van der Waals surface area contributed by atoms with Gasteiger partial charge in [0.2, 0.25) is 5.95 Å². The van der Waals surface area contributed by atoms with Gasteiger partial charge in [-0.05, 0) is 12.8 Å². The average molecular weight is 231 g/mol. The molecule has 0 saturated carbocycles. The largest absolute Gasteiger partial charge is 0.370 e. The van der Waals surface area contributed by atoms with Gasteiger partial charge in [-0.1, -0.05) is 20.3 Å². The zero-order valence-corrected chi connectivity index (χ0v) is 10.1. The summed E-state index contributed by atoms with van der Waals surface area (Å²) in [6.07, 6.45) is 5.04. The molecule has 0 aliphatic rings. The van der Waals surface area contributed by atoms with Crippen molar-refractivity contribution in [3.8, 4) is 0 Å². The molecule has 0 atom stereocenters. The van der Waals surface area contributed by atoms with Gasteiger partial charge in [0.25, 0.3) is 0 Å². The molecule has 1 aromatic rings. The van der Waals surface area contributed by atoms with Crippen LogP contribution in [0.15, 0.2) is 6.20 Å². The van der Waals surface area contributed by atoms with Gasteiger partial charge in [0, 0.05) is 18.3 Å². The van der Waals surface area contributed by atoms with Crippen molar-refractivity contribution in [3.63, 3.8) is 0 Å². The normalized spacial score (nSPS) is 9.47. The van der Waals surface area contributed by atoms with Crippen molar-refractivity contribution in [2.45, 2.75) is 33.1 Å². The summed E-state index contributed by atoms with van der Waals surface area (Å²) < 4.78 is 0. The van der Waals surface area contributed by atoms with Gasteiger partial charge >= 0.3 is 0 Å². The standard InChI is InChI=1S/C10H18N4.ClH/c1-3-5-6-12-9-8(4-2)7-13-10(11)14-9;/h7H,3-6H2,1-2H3,(H3,11,12,13,14);1H. The fourth-order valence-electron chi connectivity index (χ4n) is 1.22. The molecule has 5 heteroatoms. The predicted molar refractivity (Wildman–Crippen MR) is 66.5 cm³/mol. The van der Waals surface area contributed by atoms with Crippen molar-refractivity contribution in [1.29, 1.82) is 0 Å². The van der Waals surface area contributed by atoms with E-state index in [9.17, 15) is 0 Å². The van der Waals surface area contributed by atoms with E-state index in [1.807, 2.05) is 0 Å². The summed E-state index contributed by atoms with van der Waals surface area (Å²) in [4.78, 5) is 8.14. The number of aryl methyl sites for hydroxylation is 1. The maximum absolute atomic E-state index is 5.52. The number of hydrogen-bond donors (Lipinski definition) is 2. The summed E-state index contributed by atoms with van der Waals surface area (Å²) in [5.41, 5.74) is 6.64. The van der Waals surface area contributed by atoms with Gasteiger partial charge in [-0.3, -0.25) is 0 Å². The molecule has 4 nitrogen and oxygen atoms in total. The molecule has 15 heavy (non-hydrogen) atoms. The highest BCUT2D eigenvalue weighted by Gasteiger charge is 2.02. The zero-order valence-electron chi connectivity index (χ0n) is 9.29. The SMILES string of the molecule is CCCCNc1nc(N)ncc1CC.Cl. The third kappa shape index (κ3) is 4.34. The van der Waals surface area contributed by atoms with E-state index in [1.54, 1.807) is 6.20 Å². The number of hydrogen-bond acceptors (Lipinski definition) is 4. The van der Waals surface area contributed by atoms with Crippen LogP contribution in [0.1, 0.15) is 32.3 Å². The van der Waals surface area contributed by atoms with Crippen LogP contribution in [0.2, 0.25) is 0 Å². The number of nitrogens with one attached hydrogen (secondary N) is 1. The lowest BCUT2D eigenvalue weighted by molar-refractivity contribution is 0.828. The lowest BCUT2D eigenvalue weighted by Crippen LogP contribution is -2.08. The highest BCUT2D eigenvalue weighted by molar-refractivity contribution is 5.85. The number of nitrogens with two attached hydrogens (primary N) is 1. The Bertz CT molecular complexity index is 291. The number of nitrogens with zero attached hydrogens (tertiary/aromatic N) is 2. The quantitative estimate of drug-likeness (QED) is 0.762. The summed E-state index contributed by atoms with van der Waals surface area (Å²) in [5, 5.41) is 3.27. The first-order valence-corrected chi connectivity index (χ1v) is 5.13. The summed E-state index contributed by atoms with van der Waals surface area (Å²) in [5.74, 6) is 1.22. The molecule has 0 aliphatic carbocycles. The molecule has 0 fully saturated rings. The molecule has 0 saturated heterocycles. The molecule has 0 spiro atoms. The summed E-state index contributed by atoms with van der Waals surface area (Å²) in [7, 11) is 0. The molecule has 86 valence electrons. The second kappa shape index (κ2) is 7.29. The highest BCUT2D eigenvalue weighted by Crippen LogP contribution is 2.12. The monoisotopic (exact) mass is 230 g/mol. The molecule has 1 heterocycles. The predicted octanol–water partition coefficient (Wildman–Crippen LogP) is 2.26. The number of unbranched alkanes of at least 4 members (excludes halogenated alkanes) is 1. The number of aromatic nitrogens is 2. The van der Waals surface area contributed by atoms with Crippen LogP contribution in [0.25, 0.3) is 0 Å². The minimum absolute atomic E-state index is 0. The third-order valence-electron chi connectivity index (χ3n) is 2.09. The maximum atomic E-state index is 5.52. The molecule has 0 amide bonds. The van der Waals surface area contributed by atoms with Crippen LogP contribution in [-0.2, 0) is 6.42 Å². The Balaban J connectivity index is 0.00000196. The lowest BCUT2D eigenvalue weighted by Gasteiger charge is -2.08. The summed E-state index contributed by atoms with van der Waals surface area (Å²) >= 11 is 0. The second-order valence-corrected chi connectivity index (χ2v) is 3.24. The minimum atomic E-state index is 0. The van der Waals surface area contributed by atoms with Crippen molar-refractivity contribution in [2.24, 2.45) is 0 Å². The lowest BCUT2D eigenvalue weighted by atomic mass is 10.2. The van der Waals surface area contributed by atoms with E-state index in [0.717, 1.165) is 30.8 Å². The van der Waals surface area contributed by atoms with Gasteiger partial charge < -0.3 is 11.1 Å². The number of rotatable bonds is 5. The first-order valence-electron chi connectivity index (χ1n) is 5.13.